The van der Waals surface area contributed by atoms with E-state index in [1.54, 1.807) is 0 Å². The fourth-order valence-corrected chi connectivity index (χ4v) is 4.09. The zero-order valence-electron chi connectivity index (χ0n) is 11.4. The third-order valence-corrected chi connectivity index (χ3v) is 5.28. The molecular formula is C16H22Cl2. The third-order valence-electron chi connectivity index (χ3n) is 4.55. The second-order valence-corrected chi connectivity index (χ2v) is 7.27. The number of alkyl halides is 1. The van der Waals surface area contributed by atoms with Gasteiger partial charge in [0, 0.05) is 10.4 Å². The lowest BCUT2D eigenvalue weighted by molar-refractivity contribution is 0.207. The molecule has 0 aromatic heterocycles. The SMILES string of the molecule is CC1CCC(C(C)(C)c2ccc(Cl)cc2)C(Cl)C1. The molecule has 3 unspecified atom stereocenters. The second-order valence-electron chi connectivity index (χ2n) is 6.27. The van der Waals surface area contributed by atoms with Crippen molar-refractivity contribution in [1.82, 2.24) is 0 Å². The first kappa shape index (κ1) is 14.2. The van der Waals surface area contributed by atoms with Crippen LogP contribution in [0, 0.1) is 11.8 Å². The minimum atomic E-state index is 0.122. The summed E-state index contributed by atoms with van der Waals surface area (Å²) in [6.45, 7) is 6.93. The molecule has 0 N–H and O–H groups in total. The first-order valence-corrected chi connectivity index (χ1v) is 7.63. The summed E-state index contributed by atoms with van der Waals surface area (Å²) in [5.41, 5.74) is 1.47. The van der Waals surface area contributed by atoms with E-state index in [2.05, 4.69) is 32.9 Å². The number of halogens is 2. The number of benzene rings is 1. The van der Waals surface area contributed by atoms with Crippen LogP contribution < -0.4 is 0 Å². The van der Waals surface area contributed by atoms with Crippen LogP contribution in [0.5, 0.6) is 0 Å². The lowest BCUT2D eigenvalue weighted by Gasteiger charge is -2.42. The Hall–Kier alpha value is -0.200. The van der Waals surface area contributed by atoms with Crippen molar-refractivity contribution >= 4 is 23.2 Å². The minimum absolute atomic E-state index is 0.122. The van der Waals surface area contributed by atoms with Gasteiger partial charge in [0.25, 0.3) is 0 Å². The summed E-state index contributed by atoms with van der Waals surface area (Å²) < 4.78 is 0. The highest BCUT2D eigenvalue weighted by Gasteiger charge is 2.38. The van der Waals surface area contributed by atoms with Crippen LogP contribution in [-0.2, 0) is 5.41 Å². The maximum atomic E-state index is 6.62. The number of hydrogen-bond donors (Lipinski definition) is 0. The molecule has 0 saturated heterocycles. The second kappa shape index (κ2) is 5.43. The Morgan fingerprint density at radius 3 is 2.28 bits per heavy atom. The number of rotatable bonds is 2. The Labute approximate surface area is 121 Å². The molecular weight excluding hydrogens is 263 g/mol. The van der Waals surface area contributed by atoms with Gasteiger partial charge in [-0.3, -0.25) is 0 Å². The molecule has 0 radical (unpaired) electrons. The highest BCUT2D eigenvalue weighted by molar-refractivity contribution is 6.30. The summed E-state index contributed by atoms with van der Waals surface area (Å²) in [6, 6.07) is 8.24. The van der Waals surface area contributed by atoms with Crippen molar-refractivity contribution in [2.45, 2.75) is 50.8 Å². The summed E-state index contributed by atoms with van der Waals surface area (Å²) in [4.78, 5) is 0. The first-order valence-electron chi connectivity index (χ1n) is 6.81. The Morgan fingerprint density at radius 1 is 1.11 bits per heavy atom. The molecule has 1 aliphatic carbocycles. The Balaban J connectivity index is 2.22. The molecule has 18 heavy (non-hydrogen) atoms. The van der Waals surface area contributed by atoms with Gasteiger partial charge in [0.1, 0.15) is 0 Å². The van der Waals surface area contributed by atoms with Crippen LogP contribution in [-0.4, -0.2) is 5.38 Å². The van der Waals surface area contributed by atoms with Gasteiger partial charge in [-0.15, -0.1) is 11.6 Å². The van der Waals surface area contributed by atoms with Gasteiger partial charge in [0.05, 0.1) is 0 Å². The predicted molar refractivity (Wildman–Crippen MR) is 80.6 cm³/mol. The van der Waals surface area contributed by atoms with Gasteiger partial charge in [-0.25, -0.2) is 0 Å². The van der Waals surface area contributed by atoms with Crippen molar-refractivity contribution < 1.29 is 0 Å². The van der Waals surface area contributed by atoms with E-state index in [1.807, 2.05) is 12.1 Å². The van der Waals surface area contributed by atoms with Crippen LogP contribution in [0.4, 0.5) is 0 Å². The lowest BCUT2D eigenvalue weighted by Crippen LogP contribution is -2.38. The van der Waals surface area contributed by atoms with E-state index in [4.69, 9.17) is 23.2 Å². The van der Waals surface area contributed by atoms with Gasteiger partial charge in [0.2, 0.25) is 0 Å². The van der Waals surface area contributed by atoms with Crippen LogP contribution >= 0.6 is 23.2 Å². The molecule has 0 nitrogen and oxygen atoms in total. The minimum Gasteiger partial charge on any atom is -0.123 e. The fourth-order valence-electron chi connectivity index (χ4n) is 3.22. The summed E-state index contributed by atoms with van der Waals surface area (Å²) in [6.07, 6.45) is 3.67. The summed E-state index contributed by atoms with van der Waals surface area (Å²) in [7, 11) is 0. The molecule has 100 valence electrons. The van der Waals surface area contributed by atoms with Gasteiger partial charge < -0.3 is 0 Å². The molecule has 1 aromatic carbocycles. The van der Waals surface area contributed by atoms with Crippen molar-refractivity contribution in [2.75, 3.05) is 0 Å². The van der Waals surface area contributed by atoms with Gasteiger partial charge in [-0.05, 0) is 47.8 Å². The van der Waals surface area contributed by atoms with E-state index in [0.29, 0.717) is 11.3 Å². The van der Waals surface area contributed by atoms with Crippen molar-refractivity contribution in [2.24, 2.45) is 11.8 Å². The van der Waals surface area contributed by atoms with Crippen LogP contribution in [0.25, 0.3) is 0 Å². The number of hydrogen-bond acceptors (Lipinski definition) is 0. The van der Waals surface area contributed by atoms with Crippen molar-refractivity contribution in [3.63, 3.8) is 0 Å². The third kappa shape index (κ3) is 2.86. The van der Waals surface area contributed by atoms with E-state index in [9.17, 15) is 0 Å². The summed E-state index contributed by atoms with van der Waals surface area (Å²) in [5, 5.41) is 1.09. The molecule has 0 aliphatic heterocycles. The Bertz CT molecular complexity index is 394. The van der Waals surface area contributed by atoms with E-state index in [-0.39, 0.29) is 5.41 Å². The van der Waals surface area contributed by atoms with Crippen molar-refractivity contribution in [3.8, 4) is 0 Å². The maximum absolute atomic E-state index is 6.62. The molecule has 2 heteroatoms. The molecule has 1 aromatic rings. The Morgan fingerprint density at radius 2 is 1.72 bits per heavy atom. The summed E-state index contributed by atoms with van der Waals surface area (Å²) in [5.74, 6) is 1.32. The normalized spacial score (nSPS) is 29.3. The highest BCUT2D eigenvalue weighted by Crippen LogP contribution is 2.44. The standard InChI is InChI=1S/C16H22Cl2/c1-11-4-9-14(15(18)10-11)16(2,3)12-5-7-13(17)8-6-12/h5-8,11,14-15H,4,9-10H2,1-3H3. The van der Waals surface area contributed by atoms with Crippen LogP contribution in [0.3, 0.4) is 0 Å². The molecule has 0 amide bonds. The van der Waals surface area contributed by atoms with Gasteiger partial charge in [-0.2, -0.15) is 0 Å². The van der Waals surface area contributed by atoms with E-state index in [1.165, 1.54) is 18.4 Å². The van der Waals surface area contributed by atoms with Crippen LogP contribution in [0.2, 0.25) is 5.02 Å². The van der Waals surface area contributed by atoms with Crippen molar-refractivity contribution in [3.05, 3.63) is 34.9 Å². The van der Waals surface area contributed by atoms with Gasteiger partial charge >= 0.3 is 0 Å². The zero-order chi connectivity index (χ0) is 13.3. The van der Waals surface area contributed by atoms with Crippen LogP contribution in [0.1, 0.15) is 45.6 Å². The monoisotopic (exact) mass is 284 g/mol. The van der Waals surface area contributed by atoms with E-state index in [0.717, 1.165) is 17.4 Å². The van der Waals surface area contributed by atoms with Crippen LogP contribution in [0.15, 0.2) is 24.3 Å². The van der Waals surface area contributed by atoms with E-state index >= 15 is 0 Å². The smallest absolute Gasteiger partial charge is 0.0406 e. The quantitative estimate of drug-likeness (QED) is 0.615. The first-order chi connectivity index (χ1) is 8.41. The largest absolute Gasteiger partial charge is 0.123 e. The van der Waals surface area contributed by atoms with Gasteiger partial charge in [-0.1, -0.05) is 50.9 Å². The molecule has 0 heterocycles. The predicted octanol–water partition coefficient (Wildman–Crippen LogP) is 5.66. The Kier molecular flexibility index (Phi) is 4.29. The molecule has 3 atom stereocenters. The molecule has 1 saturated carbocycles. The average Bonchev–Trinajstić information content (AvgIpc) is 2.29. The lowest BCUT2D eigenvalue weighted by atomic mass is 9.66. The average molecular weight is 285 g/mol. The fraction of sp³-hybridized carbons (Fsp3) is 0.625. The molecule has 0 bridgehead atoms. The van der Waals surface area contributed by atoms with E-state index < -0.39 is 0 Å². The highest BCUT2D eigenvalue weighted by atomic mass is 35.5. The molecule has 1 fully saturated rings. The topological polar surface area (TPSA) is 0 Å². The maximum Gasteiger partial charge on any atom is 0.0406 e. The zero-order valence-corrected chi connectivity index (χ0v) is 12.9. The molecule has 1 aliphatic rings. The van der Waals surface area contributed by atoms with Crippen molar-refractivity contribution in [1.29, 1.82) is 0 Å². The molecule has 0 spiro atoms. The molecule has 2 rings (SSSR count). The summed E-state index contributed by atoms with van der Waals surface area (Å²) >= 11 is 12.6. The van der Waals surface area contributed by atoms with Gasteiger partial charge in [0.15, 0.2) is 0 Å².